The van der Waals surface area contributed by atoms with Crippen LogP contribution in [0.2, 0.25) is 0 Å². The molecule has 0 aliphatic rings. The molecule has 17 rings (SSSR count). The lowest BCUT2D eigenvalue weighted by Gasteiger charge is -2.11. The number of benzene rings is 13. The van der Waals surface area contributed by atoms with Crippen molar-refractivity contribution in [3.05, 3.63) is 332 Å². The molecule has 0 fully saturated rings. The summed E-state index contributed by atoms with van der Waals surface area (Å²) < 4.78 is 8.20. The van der Waals surface area contributed by atoms with Gasteiger partial charge in [-0.2, -0.15) is 0 Å². The first-order chi connectivity index (χ1) is 43.5. The summed E-state index contributed by atoms with van der Waals surface area (Å²) in [6.45, 7) is 0. The van der Waals surface area contributed by atoms with Crippen LogP contribution in [0.25, 0.3) is 150 Å². The van der Waals surface area contributed by atoms with Gasteiger partial charge < -0.3 is 13.7 Å². The Balaban J connectivity index is 0.000000205. The van der Waals surface area contributed by atoms with E-state index in [9.17, 15) is 0 Å². The lowest BCUT2D eigenvalue weighted by atomic mass is 10.00. The largest absolute Gasteiger partial charge is 0.309 e. The highest BCUT2D eigenvalue weighted by Gasteiger charge is 2.18. The van der Waals surface area contributed by atoms with Gasteiger partial charge in [-0.05, 0) is 149 Å². The van der Waals surface area contributed by atoms with Crippen LogP contribution in [0.15, 0.2) is 332 Å². The Bertz CT molecular complexity index is 5370. The van der Waals surface area contributed by atoms with Gasteiger partial charge in [0.25, 0.3) is 0 Å². The van der Waals surface area contributed by atoms with E-state index in [0.717, 1.165) is 49.4 Å². The van der Waals surface area contributed by atoms with E-state index >= 15 is 0 Å². The molecule has 0 saturated heterocycles. The van der Waals surface area contributed by atoms with Gasteiger partial charge in [-0.25, -0.2) is 9.97 Å². The molecule has 0 bridgehead atoms. The first-order valence-corrected chi connectivity index (χ1v) is 30.5. The molecule has 88 heavy (non-hydrogen) atoms. The van der Waals surface area contributed by atoms with Crippen molar-refractivity contribution in [1.82, 2.24) is 23.7 Å². The van der Waals surface area contributed by atoms with E-state index in [0.29, 0.717) is 5.82 Å². The van der Waals surface area contributed by atoms with Gasteiger partial charge in [0, 0.05) is 72.0 Å². The molecule has 0 atom stereocenters. The Morgan fingerprint density at radius 1 is 0.216 bits per heavy atom. The summed E-state index contributed by atoms with van der Waals surface area (Å²) >= 11 is 3.52. The van der Waals surface area contributed by atoms with Gasteiger partial charge in [-0.1, -0.05) is 228 Å². The molecule has 0 N–H and O–H groups in total. The fourth-order valence-corrected chi connectivity index (χ4v) is 13.1. The van der Waals surface area contributed by atoms with Crippen molar-refractivity contribution < 1.29 is 1.43 Å². The van der Waals surface area contributed by atoms with Crippen LogP contribution in [0, 0.1) is 0 Å². The molecule has 17 aromatic rings. The predicted molar refractivity (Wildman–Crippen MR) is 374 cm³/mol. The van der Waals surface area contributed by atoms with Crippen molar-refractivity contribution in [3.8, 4) is 84.3 Å². The van der Waals surface area contributed by atoms with Gasteiger partial charge in [-0.15, -0.1) is 0 Å². The molecule has 0 aliphatic heterocycles. The highest BCUT2D eigenvalue weighted by molar-refractivity contribution is 9.10. The van der Waals surface area contributed by atoms with Crippen molar-refractivity contribution in [1.29, 1.82) is 0 Å². The summed E-state index contributed by atoms with van der Waals surface area (Å²) in [6, 6.07) is 117. The summed E-state index contributed by atoms with van der Waals surface area (Å²) in [5, 5.41) is 7.50. The lowest BCUT2D eigenvalue weighted by Crippen LogP contribution is -1.96. The molecule has 416 valence electrons. The van der Waals surface area contributed by atoms with Crippen molar-refractivity contribution in [3.63, 3.8) is 0 Å². The van der Waals surface area contributed by atoms with Crippen molar-refractivity contribution in [2.45, 2.75) is 0 Å². The number of nitrogens with zero attached hydrogens (tertiary/aromatic N) is 5. The summed E-state index contributed by atoms with van der Waals surface area (Å²) in [5.41, 5.74) is 22.7. The van der Waals surface area contributed by atoms with E-state index in [2.05, 4.69) is 345 Å². The summed E-state index contributed by atoms with van der Waals surface area (Å²) in [6.07, 6.45) is 0. The highest BCUT2D eigenvalue weighted by atomic mass is 79.9. The highest BCUT2D eigenvalue weighted by Crippen LogP contribution is 2.40. The molecule has 0 saturated carbocycles. The molecular weight excluding hydrogens is 1130 g/mol. The van der Waals surface area contributed by atoms with Crippen LogP contribution in [0.3, 0.4) is 0 Å². The Morgan fingerprint density at radius 3 is 0.955 bits per heavy atom. The minimum Gasteiger partial charge on any atom is -0.309 e. The second-order valence-corrected chi connectivity index (χ2v) is 23.2. The topological polar surface area (TPSA) is 40.6 Å². The third kappa shape index (κ3) is 9.53. The average molecular weight is 1190 g/mol. The number of halogens is 1. The molecule has 0 aliphatic carbocycles. The summed E-state index contributed by atoms with van der Waals surface area (Å²) in [4.78, 5) is 10.2. The zero-order valence-corrected chi connectivity index (χ0v) is 49.4. The standard InChI is InChI=1S/C58H38N4.C24H16BrN.H2/c1-4-15-40(16-5-1)52-38-53(41-17-6-2-7-18-41)60-58(59-52)45-20-14-19-42(35-45)44-30-34-57-51(37-44)49-24-11-13-26-55(49)62(57)47-31-27-39(28-32-47)43-29-33-56-50(36-43)48-23-10-12-25-54(48)61(56)46-21-8-3-9-22-46;25-19-13-10-17(11-14-19)18-12-15-24-22(16-18)21-8-4-5-9-23(21)26(24)20-6-2-1-3-7-20;/h1-38H;1-16H;1H. The second-order valence-electron chi connectivity index (χ2n) is 22.3. The second kappa shape index (κ2) is 22.3. The van der Waals surface area contributed by atoms with Gasteiger partial charge in [0.2, 0.25) is 0 Å². The van der Waals surface area contributed by atoms with Crippen LogP contribution in [0.5, 0.6) is 0 Å². The average Bonchev–Trinajstić information content (AvgIpc) is 1.98. The molecule has 0 amide bonds. The molecule has 6 heteroatoms. The first kappa shape index (κ1) is 52.4. The third-order valence-electron chi connectivity index (χ3n) is 17.0. The first-order valence-electron chi connectivity index (χ1n) is 29.7. The van der Waals surface area contributed by atoms with Gasteiger partial charge in [0.15, 0.2) is 5.82 Å². The summed E-state index contributed by atoms with van der Waals surface area (Å²) in [7, 11) is 0. The predicted octanol–water partition coefficient (Wildman–Crippen LogP) is 22.5. The Hall–Kier alpha value is -11.2. The molecule has 0 spiro atoms. The number of aromatic nitrogens is 5. The zero-order chi connectivity index (χ0) is 58.5. The van der Waals surface area contributed by atoms with E-state index in [1.165, 1.54) is 99.0 Å². The maximum absolute atomic E-state index is 5.11. The van der Waals surface area contributed by atoms with Crippen LogP contribution < -0.4 is 0 Å². The lowest BCUT2D eigenvalue weighted by molar-refractivity contribution is 1.18. The Morgan fingerprint density at radius 2 is 0.523 bits per heavy atom. The van der Waals surface area contributed by atoms with Crippen LogP contribution in [-0.4, -0.2) is 23.7 Å². The number of hydrogen-bond donors (Lipinski definition) is 0. The fourth-order valence-electron chi connectivity index (χ4n) is 12.8. The zero-order valence-electron chi connectivity index (χ0n) is 47.8. The molecule has 13 aromatic carbocycles. The Labute approximate surface area is 519 Å². The van der Waals surface area contributed by atoms with E-state index in [4.69, 9.17) is 9.97 Å². The molecule has 0 unspecified atom stereocenters. The number of fused-ring (bicyclic) bond motifs is 9. The molecule has 0 radical (unpaired) electrons. The molecular formula is C82H56BrN5. The third-order valence-corrected chi connectivity index (χ3v) is 17.5. The van der Waals surface area contributed by atoms with Crippen molar-refractivity contribution in [2.75, 3.05) is 0 Å². The number of para-hydroxylation sites is 5. The smallest absolute Gasteiger partial charge is 0.160 e. The quantitative estimate of drug-likeness (QED) is 0.144. The van der Waals surface area contributed by atoms with Crippen LogP contribution in [0.1, 0.15) is 1.43 Å². The molecule has 4 heterocycles. The van der Waals surface area contributed by atoms with E-state index < -0.39 is 0 Å². The van der Waals surface area contributed by atoms with Crippen LogP contribution in [0.4, 0.5) is 0 Å². The van der Waals surface area contributed by atoms with Gasteiger partial charge >= 0.3 is 0 Å². The normalized spacial score (nSPS) is 11.5. The molecule has 4 aromatic heterocycles. The minimum absolute atomic E-state index is 0. The number of rotatable bonds is 9. The summed E-state index contributed by atoms with van der Waals surface area (Å²) in [5.74, 6) is 0.701. The SMILES string of the molecule is Brc1ccc(-c2ccc3c(c2)c2ccccc2n3-c2ccccc2)cc1.[HH].c1ccc(-c2cc(-c3ccccc3)nc(-c3cccc(-c4ccc5c(c4)c4ccccc4n5-c4ccc(-c5ccc6c(c5)c5ccccc5n6-c5ccccc5)cc4)c3)n2)cc1. The van der Waals surface area contributed by atoms with Gasteiger partial charge in [0.1, 0.15) is 0 Å². The van der Waals surface area contributed by atoms with Gasteiger partial charge in [-0.3, -0.25) is 0 Å². The van der Waals surface area contributed by atoms with E-state index in [1.807, 2.05) is 12.1 Å². The van der Waals surface area contributed by atoms with Crippen LogP contribution >= 0.6 is 15.9 Å². The molecule has 5 nitrogen and oxygen atoms in total. The van der Waals surface area contributed by atoms with E-state index in [1.54, 1.807) is 0 Å². The monoisotopic (exact) mass is 1190 g/mol. The van der Waals surface area contributed by atoms with Crippen molar-refractivity contribution in [2.24, 2.45) is 0 Å². The fraction of sp³-hybridized carbons (Fsp3) is 0. The van der Waals surface area contributed by atoms with Crippen molar-refractivity contribution >= 4 is 81.3 Å². The van der Waals surface area contributed by atoms with Gasteiger partial charge in [0.05, 0.1) is 44.5 Å². The van der Waals surface area contributed by atoms with Crippen LogP contribution in [-0.2, 0) is 0 Å². The maximum atomic E-state index is 5.11. The minimum atomic E-state index is 0. The Kier molecular flexibility index (Phi) is 13.3. The maximum Gasteiger partial charge on any atom is 0.160 e. The van der Waals surface area contributed by atoms with E-state index in [-0.39, 0.29) is 1.43 Å². The number of hydrogen-bond acceptors (Lipinski definition) is 2.